The van der Waals surface area contributed by atoms with Crippen LogP contribution in [0.25, 0.3) is 5.69 Å². The Morgan fingerprint density at radius 2 is 1.74 bits per heavy atom. The molecular formula is C23H28FN7O3S. The van der Waals surface area contributed by atoms with E-state index in [-0.39, 0.29) is 29.0 Å². The van der Waals surface area contributed by atoms with E-state index >= 15 is 0 Å². The van der Waals surface area contributed by atoms with Gasteiger partial charge in [-0.2, -0.15) is 0 Å². The summed E-state index contributed by atoms with van der Waals surface area (Å²) < 4.78 is 17.4. The summed E-state index contributed by atoms with van der Waals surface area (Å²) in [6, 6.07) is 5.96. The predicted octanol–water partition coefficient (Wildman–Crippen LogP) is 1.91. The molecule has 1 fully saturated rings. The number of piperidine rings is 1. The lowest BCUT2D eigenvalue weighted by Gasteiger charge is -2.31. The molecule has 2 N–H and O–H groups in total. The van der Waals surface area contributed by atoms with Gasteiger partial charge in [-0.1, -0.05) is 18.2 Å². The number of carbonyl (C=O) groups excluding carboxylic acids is 1. The molecule has 12 heteroatoms. The molecule has 186 valence electrons. The van der Waals surface area contributed by atoms with Crippen LogP contribution in [0.15, 0.2) is 39.0 Å². The predicted molar refractivity (Wildman–Crippen MR) is 132 cm³/mol. The maximum atomic E-state index is 13.6. The van der Waals surface area contributed by atoms with Gasteiger partial charge in [0.2, 0.25) is 0 Å². The Balaban J connectivity index is 1.67. The van der Waals surface area contributed by atoms with E-state index in [0.717, 1.165) is 46.8 Å². The van der Waals surface area contributed by atoms with Gasteiger partial charge in [-0.3, -0.25) is 28.2 Å². The van der Waals surface area contributed by atoms with Crippen LogP contribution in [0.3, 0.4) is 0 Å². The second-order valence-corrected chi connectivity index (χ2v) is 9.55. The SMILES string of the molecule is CC(c1nnc(SCC(=O)c2c(N)n(C)c(=O)n(C)c2=O)n1-c1ccc(F)cc1)N1CCCCC1. The summed E-state index contributed by atoms with van der Waals surface area (Å²) in [6.45, 7) is 3.96. The smallest absolute Gasteiger partial charge is 0.332 e. The number of Topliss-reactive ketones (excluding diaryl/α,β-unsaturated/α-hetero) is 1. The lowest BCUT2D eigenvalue weighted by atomic mass is 10.1. The Hall–Kier alpha value is -3.25. The molecule has 1 saturated heterocycles. The standard InChI is InChI=1S/C23H28FN7O3S/c1-14(30-11-5-4-6-12-30)20-26-27-22(31(20)16-9-7-15(24)8-10-16)35-13-17(32)18-19(25)28(2)23(34)29(3)21(18)33/h7-10,14H,4-6,11-13,25H2,1-3H3. The summed E-state index contributed by atoms with van der Waals surface area (Å²) in [7, 11) is 2.70. The van der Waals surface area contributed by atoms with Crippen molar-refractivity contribution in [2.24, 2.45) is 14.1 Å². The molecule has 0 spiro atoms. The van der Waals surface area contributed by atoms with Gasteiger partial charge in [-0.05, 0) is 57.1 Å². The lowest BCUT2D eigenvalue weighted by molar-refractivity contribution is 0.102. The van der Waals surface area contributed by atoms with E-state index < -0.39 is 17.0 Å². The average Bonchev–Trinajstić information content (AvgIpc) is 3.29. The fraction of sp³-hybridized carbons (Fsp3) is 0.435. The van der Waals surface area contributed by atoms with Crippen LogP contribution in [0.5, 0.6) is 0 Å². The number of anilines is 1. The van der Waals surface area contributed by atoms with Crippen molar-refractivity contribution in [3.05, 3.63) is 62.3 Å². The summed E-state index contributed by atoms with van der Waals surface area (Å²) in [5.74, 6) is -0.523. The number of thioether (sulfide) groups is 1. The van der Waals surface area contributed by atoms with E-state index in [1.807, 2.05) is 4.57 Å². The van der Waals surface area contributed by atoms with E-state index in [4.69, 9.17) is 5.73 Å². The van der Waals surface area contributed by atoms with E-state index in [1.54, 1.807) is 12.1 Å². The zero-order chi connectivity index (χ0) is 25.3. The number of halogens is 1. The van der Waals surface area contributed by atoms with Gasteiger partial charge in [-0.25, -0.2) is 9.18 Å². The molecule has 1 unspecified atom stereocenters. The number of likely N-dealkylation sites (tertiary alicyclic amines) is 1. The first kappa shape index (κ1) is 24.9. The number of rotatable bonds is 7. The van der Waals surface area contributed by atoms with Crippen LogP contribution < -0.4 is 17.0 Å². The van der Waals surface area contributed by atoms with Crippen LogP contribution in [0.4, 0.5) is 10.2 Å². The van der Waals surface area contributed by atoms with E-state index in [0.29, 0.717) is 16.7 Å². The molecule has 10 nitrogen and oxygen atoms in total. The van der Waals surface area contributed by atoms with Gasteiger partial charge in [0.15, 0.2) is 16.8 Å². The highest BCUT2D eigenvalue weighted by molar-refractivity contribution is 7.99. The molecule has 1 aromatic carbocycles. The fourth-order valence-corrected chi connectivity index (χ4v) is 5.10. The summed E-state index contributed by atoms with van der Waals surface area (Å²) in [5, 5.41) is 9.18. The maximum Gasteiger partial charge on any atom is 0.332 e. The van der Waals surface area contributed by atoms with Gasteiger partial charge in [0.05, 0.1) is 11.8 Å². The second kappa shape index (κ2) is 10.2. The van der Waals surface area contributed by atoms with Crippen molar-refractivity contribution in [3.63, 3.8) is 0 Å². The van der Waals surface area contributed by atoms with E-state index in [2.05, 4.69) is 22.0 Å². The molecule has 2 aromatic heterocycles. The molecule has 4 rings (SSSR count). The highest BCUT2D eigenvalue weighted by Gasteiger charge is 2.27. The van der Waals surface area contributed by atoms with E-state index in [9.17, 15) is 18.8 Å². The van der Waals surface area contributed by atoms with Crippen LogP contribution in [-0.4, -0.2) is 53.4 Å². The number of nitrogen functional groups attached to an aromatic ring is 1. The third-order valence-electron chi connectivity index (χ3n) is 6.38. The van der Waals surface area contributed by atoms with Crippen LogP contribution in [0.1, 0.15) is 48.4 Å². The molecule has 1 aliphatic heterocycles. The third kappa shape index (κ3) is 4.80. The quantitative estimate of drug-likeness (QED) is 0.385. The van der Waals surface area contributed by atoms with Gasteiger partial charge >= 0.3 is 5.69 Å². The largest absolute Gasteiger partial charge is 0.384 e. The summed E-state index contributed by atoms with van der Waals surface area (Å²) in [5.41, 5.74) is 5.01. The summed E-state index contributed by atoms with van der Waals surface area (Å²) in [4.78, 5) is 40.0. The van der Waals surface area contributed by atoms with Crippen molar-refractivity contribution in [2.45, 2.75) is 37.4 Å². The van der Waals surface area contributed by atoms with Gasteiger partial charge in [0, 0.05) is 19.8 Å². The van der Waals surface area contributed by atoms with Crippen LogP contribution in [0, 0.1) is 5.82 Å². The number of benzene rings is 1. The van der Waals surface area contributed by atoms with Crippen molar-refractivity contribution in [1.82, 2.24) is 28.8 Å². The summed E-state index contributed by atoms with van der Waals surface area (Å²) >= 11 is 1.10. The zero-order valence-corrected chi connectivity index (χ0v) is 20.7. The molecule has 1 aliphatic rings. The molecule has 0 bridgehead atoms. The molecular weight excluding hydrogens is 473 g/mol. The number of nitrogens with two attached hydrogens (primary N) is 1. The van der Waals surface area contributed by atoms with Crippen LogP contribution >= 0.6 is 11.8 Å². The molecule has 0 radical (unpaired) electrons. The number of carbonyl (C=O) groups is 1. The molecule has 0 saturated carbocycles. The first-order valence-corrected chi connectivity index (χ1v) is 12.4. The Morgan fingerprint density at radius 3 is 2.40 bits per heavy atom. The number of ketones is 1. The lowest BCUT2D eigenvalue weighted by Crippen LogP contribution is -2.41. The normalized spacial score (nSPS) is 15.3. The molecule has 35 heavy (non-hydrogen) atoms. The van der Waals surface area contributed by atoms with Crippen molar-refractivity contribution < 1.29 is 9.18 Å². The van der Waals surface area contributed by atoms with Crippen molar-refractivity contribution in [1.29, 1.82) is 0 Å². The molecule has 3 heterocycles. The summed E-state index contributed by atoms with van der Waals surface area (Å²) in [6.07, 6.45) is 3.42. The van der Waals surface area contributed by atoms with E-state index in [1.165, 1.54) is 32.6 Å². The van der Waals surface area contributed by atoms with Gasteiger partial charge in [0.25, 0.3) is 5.56 Å². The van der Waals surface area contributed by atoms with Gasteiger partial charge in [-0.15, -0.1) is 10.2 Å². The molecule has 3 aromatic rings. The molecule has 0 aliphatic carbocycles. The fourth-order valence-electron chi connectivity index (χ4n) is 4.27. The Bertz CT molecular complexity index is 1360. The van der Waals surface area contributed by atoms with Gasteiger partial charge in [0.1, 0.15) is 17.2 Å². The average molecular weight is 502 g/mol. The maximum absolute atomic E-state index is 13.6. The molecule has 0 amide bonds. The zero-order valence-electron chi connectivity index (χ0n) is 19.9. The molecule has 1 atom stereocenters. The van der Waals surface area contributed by atoms with Crippen molar-refractivity contribution in [2.75, 3.05) is 24.6 Å². The highest BCUT2D eigenvalue weighted by Crippen LogP contribution is 2.29. The second-order valence-electron chi connectivity index (χ2n) is 8.60. The number of aromatic nitrogens is 5. The van der Waals surface area contributed by atoms with Crippen LogP contribution in [0.2, 0.25) is 0 Å². The van der Waals surface area contributed by atoms with Crippen molar-refractivity contribution in [3.8, 4) is 5.69 Å². The Labute approximate surface area is 205 Å². The topological polar surface area (TPSA) is 121 Å². The van der Waals surface area contributed by atoms with Crippen molar-refractivity contribution >= 4 is 23.4 Å². The first-order valence-electron chi connectivity index (χ1n) is 11.4. The first-order chi connectivity index (χ1) is 16.7. The Morgan fingerprint density at radius 1 is 1.09 bits per heavy atom. The number of hydrogen-bond donors (Lipinski definition) is 1. The monoisotopic (exact) mass is 501 g/mol. The minimum atomic E-state index is -0.740. The van der Waals surface area contributed by atoms with Gasteiger partial charge < -0.3 is 5.73 Å². The van der Waals surface area contributed by atoms with Crippen LogP contribution in [-0.2, 0) is 14.1 Å². The highest BCUT2D eigenvalue weighted by atomic mass is 32.2. The minimum Gasteiger partial charge on any atom is -0.384 e. The Kier molecular flexibility index (Phi) is 7.22. The minimum absolute atomic E-state index is 0.0375. The third-order valence-corrected chi connectivity index (χ3v) is 7.31. The number of hydrogen-bond acceptors (Lipinski definition) is 8. The number of nitrogens with zero attached hydrogens (tertiary/aromatic N) is 6.